The average molecular weight is 387 g/mol. The molecule has 1 aromatic carbocycles. The molecule has 3 aromatic rings. The molecule has 0 fully saturated rings. The normalized spacial score (nSPS) is 11.2. The number of anilines is 2. The zero-order valence-electron chi connectivity index (χ0n) is 14.6. The van der Waals surface area contributed by atoms with E-state index in [0.717, 1.165) is 6.20 Å². The first-order valence-corrected chi connectivity index (χ1v) is 8.33. The fourth-order valence-corrected chi connectivity index (χ4v) is 2.57. The van der Waals surface area contributed by atoms with Gasteiger partial charge < -0.3 is 11.1 Å². The number of nitrogens with one attached hydrogen (secondary N) is 1. The molecule has 0 saturated carbocycles. The topological polar surface area (TPSA) is 93.8 Å². The molecule has 3 rings (SSSR count). The predicted octanol–water partition coefficient (Wildman–Crippen LogP) is 3.52. The third-order valence-electron chi connectivity index (χ3n) is 3.92. The number of pyridine rings is 1. The van der Waals surface area contributed by atoms with Gasteiger partial charge in [-0.2, -0.15) is 13.2 Å². The lowest BCUT2D eigenvalue weighted by Crippen LogP contribution is -2.14. The van der Waals surface area contributed by atoms with Crippen molar-refractivity contribution in [3.8, 4) is 0 Å². The number of hydrogen-bond donors (Lipinski definition) is 2. The molecule has 0 atom stereocenters. The highest BCUT2D eigenvalue weighted by molar-refractivity contribution is 5.92. The number of amides is 1. The molecule has 1 amide bonds. The standard InChI is InChI=1S/C19H16F3N5O/c20-19(21,22)15-11-25-18(26-13-4-2-1-3-5-13)27-16(15)7-6-14-10-12(17(23)28)8-9-24-14/h1-5,8-11H,6-7H2,(H2,23,28)(H,25,26,27). The predicted molar refractivity (Wildman–Crippen MR) is 96.9 cm³/mol. The maximum absolute atomic E-state index is 13.3. The van der Waals surface area contributed by atoms with Crippen LogP contribution in [0, 0.1) is 0 Å². The Labute approximate surface area is 158 Å². The van der Waals surface area contributed by atoms with Crippen molar-refractivity contribution < 1.29 is 18.0 Å². The number of nitrogens with zero attached hydrogens (tertiary/aromatic N) is 3. The van der Waals surface area contributed by atoms with Gasteiger partial charge >= 0.3 is 6.18 Å². The van der Waals surface area contributed by atoms with Crippen molar-refractivity contribution in [2.75, 3.05) is 5.32 Å². The Kier molecular flexibility index (Phi) is 5.53. The van der Waals surface area contributed by atoms with E-state index >= 15 is 0 Å². The maximum atomic E-state index is 13.3. The maximum Gasteiger partial charge on any atom is 0.419 e. The number of alkyl halides is 3. The summed E-state index contributed by atoms with van der Waals surface area (Å²) in [5.74, 6) is -0.566. The van der Waals surface area contributed by atoms with Gasteiger partial charge in [0, 0.05) is 29.3 Å². The van der Waals surface area contributed by atoms with Crippen LogP contribution in [0.2, 0.25) is 0 Å². The SMILES string of the molecule is NC(=O)c1ccnc(CCc2nc(Nc3ccccc3)ncc2C(F)(F)F)c1. The van der Waals surface area contributed by atoms with E-state index in [1.165, 1.54) is 18.3 Å². The first-order chi connectivity index (χ1) is 13.3. The van der Waals surface area contributed by atoms with Crippen molar-refractivity contribution >= 4 is 17.5 Å². The molecule has 0 aliphatic carbocycles. The highest BCUT2D eigenvalue weighted by atomic mass is 19.4. The quantitative estimate of drug-likeness (QED) is 0.675. The molecule has 6 nitrogen and oxygen atoms in total. The van der Waals surface area contributed by atoms with Crippen LogP contribution in [0.25, 0.3) is 0 Å². The molecule has 3 N–H and O–H groups in total. The van der Waals surface area contributed by atoms with Crippen LogP contribution >= 0.6 is 0 Å². The van der Waals surface area contributed by atoms with Gasteiger partial charge in [-0.1, -0.05) is 18.2 Å². The van der Waals surface area contributed by atoms with Gasteiger partial charge in [-0.05, 0) is 37.1 Å². The Morgan fingerprint density at radius 1 is 1.07 bits per heavy atom. The van der Waals surface area contributed by atoms with Crippen molar-refractivity contribution in [2.24, 2.45) is 5.73 Å². The Bertz CT molecular complexity index is 977. The lowest BCUT2D eigenvalue weighted by Gasteiger charge is -2.13. The van der Waals surface area contributed by atoms with Crippen LogP contribution in [0.15, 0.2) is 54.9 Å². The summed E-state index contributed by atoms with van der Waals surface area (Å²) in [4.78, 5) is 23.1. The smallest absolute Gasteiger partial charge is 0.366 e. The van der Waals surface area contributed by atoms with Gasteiger partial charge in [-0.25, -0.2) is 9.97 Å². The lowest BCUT2D eigenvalue weighted by molar-refractivity contribution is -0.138. The monoisotopic (exact) mass is 387 g/mol. The Morgan fingerprint density at radius 2 is 1.82 bits per heavy atom. The number of rotatable bonds is 6. The largest absolute Gasteiger partial charge is 0.419 e. The zero-order chi connectivity index (χ0) is 20.1. The highest BCUT2D eigenvalue weighted by Crippen LogP contribution is 2.32. The molecule has 2 heterocycles. The van der Waals surface area contributed by atoms with Gasteiger partial charge in [-0.15, -0.1) is 0 Å². The molecule has 0 bridgehead atoms. The van der Waals surface area contributed by atoms with Gasteiger partial charge in [-0.3, -0.25) is 9.78 Å². The second-order valence-electron chi connectivity index (χ2n) is 5.94. The third-order valence-corrected chi connectivity index (χ3v) is 3.92. The van der Waals surface area contributed by atoms with E-state index in [2.05, 4.69) is 20.3 Å². The lowest BCUT2D eigenvalue weighted by atomic mass is 10.1. The van der Waals surface area contributed by atoms with Crippen LogP contribution in [-0.4, -0.2) is 20.9 Å². The van der Waals surface area contributed by atoms with Crippen LogP contribution in [0.3, 0.4) is 0 Å². The minimum absolute atomic E-state index is 0.0317. The van der Waals surface area contributed by atoms with E-state index in [-0.39, 0.29) is 30.0 Å². The van der Waals surface area contributed by atoms with Gasteiger partial charge in [0.05, 0.1) is 11.3 Å². The number of aromatic nitrogens is 3. The number of para-hydroxylation sites is 1. The van der Waals surface area contributed by atoms with Gasteiger partial charge in [0.15, 0.2) is 0 Å². The molecule has 0 aliphatic rings. The van der Waals surface area contributed by atoms with E-state index in [4.69, 9.17) is 5.73 Å². The van der Waals surface area contributed by atoms with Crippen LogP contribution in [-0.2, 0) is 19.0 Å². The second kappa shape index (κ2) is 8.03. The van der Waals surface area contributed by atoms with Crippen molar-refractivity contribution in [1.29, 1.82) is 0 Å². The third kappa shape index (κ3) is 4.81. The summed E-state index contributed by atoms with van der Waals surface area (Å²) in [5.41, 5.74) is 5.50. The summed E-state index contributed by atoms with van der Waals surface area (Å²) in [6.45, 7) is 0. The Balaban J connectivity index is 1.85. The van der Waals surface area contributed by atoms with Crippen LogP contribution in [0.5, 0.6) is 0 Å². The fourth-order valence-electron chi connectivity index (χ4n) is 2.57. The molecule has 2 aromatic heterocycles. The summed E-state index contributed by atoms with van der Waals surface area (Å²) >= 11 is 0. The van der Waals surface area contributed by atoms with Crippen molar-refractivity contribution in [2.45, 2.75) is 19.0 Å². The highest BCUT2D eigenvalue weighted by Gasteiger charge is 2.34. The molecule has 0 unspecified atom stereocenters. The average Bonchev–Trinajstić information content (AvgIpc) is 2.66. The van der Waals surface area contributed by atoms with Gasteiger partial charge in [0.25, 0.3) is 0 Å². The number of benzene rings is 1. The number of aryl methyl sites for hydroxylation is 2. The van der Waals surface area contributed by atoms with Crippen LogP contribution in [0.1, 0.15) is 27.3 Å². The minimum Gasteiger partial charge on any atom is -0.366 e. The van der Waals surface area contributed by atoms with Crippen LogP contribution in [0.4, 0.5) is 24.8 Å². The van der Waals surface area contributed by atoms with Crippen molar-refractivity contribution in [3.63, 3.8) is 0 Å². The van der Waals surface area contributed by atoms with Crippen molar-refractivity contribution in [3.05, 3.63) is 77.4 Å². The molecular weight excluding hydrogens is 371 g/mol. The summed E-state index contributed by atoms with van der Waals surface area (Å²) in [6.07, 6.45) is -2.30. The number of halogens is 3. The molecule has 28 heavy (non-hydrogen) atoms. The van der Waals surface area contributed by atoms with E-state index in [1.54, 1.807) is 24.3 Å². The molecule has 144 valence electrons. The molecule has 0 spiro atoms. The van der Waals surface area contributed by atoms with E-state index < -0.39 is 17.6 Å². The van der Waals surface area contributed by atoms with E-state index in [9.17, 15) is 18.0 Å². The number of nitrogens with two attached hydrogens (primary N) is 1. The Hall–Kier alpha value is -3.49. The molecular formula is C19H16F3N5O. The van der Waals surface area contributed by atoms with E-state index in [0.29, 0.717) is 11.4 Å². The zero-order valence-corrected chi connectivity index (χ0v) is 14.6. The fraction of sp³-hybridized carbons (Fsp3) is 0.158. The number of carbonyl (C=O) groups excluding carboxylic acids is 1. The first kappa shape index (κ1) is 19.3. The summed E-state index contributed by atoms with van der Waals surface area (Å²) in [6, 6.07) is 11.8. The molecule has 0 radical (unpaired) electrons. The first-order valence-electron chi connectivity index (χ1n) is 8.33. The van der Waals surface area contributed by atoms with Gasteiger partial charge in [0.2, 0.25) is 11.9 Å². The van der Waals surface area contributed by atoms with E-state index in [1.807, 2.05) is 6.07 Å². The summed E-state index contributed by atoms with van der Waals surface area (Å²) in [5, 5.41) is 2.88. The number of primary amides is 1. The van der Waals surface area contributed by atoms with Crippen LogP contribution < -0.4 is 11.1 Å². The minimum atomic E-state index is -4.58. The number of carbonyl (C=O) groups is 1. The molecule has 9 heteroatoms. The number of hydrogen-bond acceptors (Lipinski definition) is 5. The van der Waals surface area contributed by atoms with Gasteiger partial charge in [0.1, 0.15) is 0 Å². The summed E-state index contributed by atoms with van der Waals surface area (Å²) < 4.78 is 40.0. The van der Waals surface area contributed by atoms with Crippen molar-refractivity contribution in [1.82, 2.24) is 15.0 Å². The second-order valence-corrected chi connectivity index (χ2v) is 5.94. The molecule has 0 aliphatic heterocycles. The molecule has 0 saturated heterocycles. The summed E-state index contributed by atoms with van der Waals surface area (Å²) in [7, 11) is 0. The Morgan fingerprint density at radius 3 is 2.50 bits per heavy atom.